The number of nitrogens with zero attached hydrogens (tertiary/aromatic N) is 5. The Balaban J connectivity index is 1.51. The van der Waals surface area contributed by atoms with Gasteiger partial charge in [-0.25, -0.2) is 18.4 Å². The number of thiophene rings is 1. The number of sulfonamides is 1. The summed E-state index contributed by atoms with van der Waals surface area (Å²) in [7, 11) is -3.40. The van der Waals surface area contributed by atoms with Gasteiger partial charge in [-0.2, -0.15) is 4.31 Å². The SMILES string of the molecule is CCc1nc(N2CCN(S(=O)(=O)Cc3ccon3)CC2)c2ccsc2n1. The van der Waals surface area contributed by atoms with E-state index in [4.69, 9.17) is 9.51 Å². The van der Waals surface area contributed by atoms with Gasteiger partial charge in [0, 0.05) is 38.7 Å². The van der Waals surface area contributed by atoms with Gasteiger partial charge < -0.3 is 9.42 Å². The van der Waals surface area contributed by atoms with E-state index in [0.717, 1.165) is 28.3 Å². The molecule has 0 spiro atoms. The Labute approximate surface area is 155 Å². The molecule has 1 aliphatic rings. The quantitative estimate of drug-likeness (QED) is 0.653. The van der Waals surface area contributed by atoms with Gasteiger partial charge in [0.2, 0.25) is 10.0 Å². The van der Waals surface area contributed by atoms with E-state index < -0.39 is 10.0 Å². The van der Waals surface area contributed by atoms with Crippen molar-refractivity contribution in [1.29, 1.82) is 0 Å². The van der Waals surface area contributed by atoms with Gasteiger partial charge in [-0.1, -0.05) is 12.1 Å². The molecule has 0 N–H and O–H groups in total. The first-order valence-corrected chi connectivity index (χ1v) is 10.9. The largest absolute Gasteiger partial charge is 0.364 e. The minimum absolute atomic E-state index is 0.133. The van der Waals surface area contributed by atoms with Crippen LogP contribution in [0.15, 0.2) is 28.3 Å². The highest BCUT2D eigenvalue weighted by molar-refractivity contribution is 7.88. The smallest absolute Gasteiger partial charge is 0.220 e. The van der Waals surface area contributed by atoms with Crippen molar-refractivity contribution in [2.45, 2.75) is 19.1 Å². The van der Waals surface area contributed by atoms with E-state index in [1.54, 1.807) is 17.4 Å². The lowest BCUT2D eigenvalue weighted by molar-refractivity contribution is 0.381. The van der Waals surface area contributed by atoms with Crippen molar-refractivity contribution in [2.24, 2.45) is 0 Å². The van der Waals surface area contributed by atoms with E-state index in [2.05, 4.69) is 15.0 Å². The molecule has 8 nitrogen and oxygen atoms in total. The summed E-state index contributed by atoms with van der Waals surface area (Å²) in [5.74, 6) is 1.59. The van der Waals surface area contributed by atoms with Crippen LogP contribution in [0.4, 0.5) is 5.82 Å². The number of hydrogen-bond donors (Lipinski definition) is 0. The molecule has 4 heterocycles. The van der Waals surface area contributed by atoms with Crippen LogP contribution < -0.4 is 4.90 Å². The molecule has 4 rings (SSSR count). The first kappa shape index (κ1) is 17.4. The van der Waals surface area contributed by atoms with Crippen LogP contribution >= 0.6 is 11.3 Å². The molecule has 3 aromatic rings. The zero-order valence-corrected chi connectivity index (χ0v) is 16.0. The van der Waals surface area contributed by atoms with Crippen LogP contribution in [0.25, 0.3) is 10.2 Å². The van der Waals surface area contributed by atoms with E-state index in [0.29, 0.717) is 31.9 Å². The summed E-state index contributed by atoms with van der Waals surface area (Å²) in [6.45, 7) is 4.09. The molecule has 0 saturated carbocycles. The van der Waals surface area contributed by atoms with Gasteiger partial charge in [-0.3, -0.25) is 0 Å². The molecule has 0 unspecified atom stereocenters. The second-order valence-corrected chi connectivity index (χ2v) is 8.95. The van der Waals surface area contributed by atoms with Gasteiger partial charge in [0.05, 0.1) is 11.1 Å². The molecule has 0 bridgehead atoms. The number of hydrogen-bond acceptors (Lipinski definition) is 8. The van der Waals surface area contributed by atoms with Gasteiger partial charge in [0.25, 0.3) is 0 Å². The third kappa shape index (κ3) is 3.31. The number of anilines is 1. The Kier molecular flexibility index (Phi) is 4.63. The summed E-state index contributed by atoms with van der Waals surface area (Å²) < 4.78 is 31.4. The van der Waals surface area contributed by atoms with Gasteiger partial charge in [-0.15, -0.1) is 11.3 Å². The van der Waals surface area contributed by atoms with Crippen LogP contribution in [0.1, 0.15) is 18.4 Å². The minimum Gasteiger partial charge on any atom is -0.364 e. The molecule has 1 aliphatic heterocycles. The van der Waals surface area contributed by atoms with Crippen molar-refractivity contribution >= 4 is 37.4 Å². The standard InChI is InChI=1S/C16H19N5O3S2/c1-2-14-17-15(13-4-10-25-16(13)18-14)20-5-7-21(8-6-20)26(22,23)11-12-3-9-24-19-12/h3-4,9-10H,2,5-8,11H2,1H3. The van der Waals surface area contributed by atoms with Crippen LogP contribution in [0.3, 0.4) is 0 Å². The molecule has 3 aromatic heterocycles. The molecule has 26 heavy (non-hydrogen) atoms. The topological polar surface area (TPSA) is 92.4 Å². The Morgan fingerprint density at radius 1 is 1.19 bits per heavy atom. The highest BCUT2D eigenvalue weighted by atomic mass is 32.2. The molecule has 0 amide bonds. The van der Waals surface area contributed by atoms with Crippen LogP contribution in [0, 0.1) is 0 Å². The monoisotopic (exact) mass is 393 g/mol. The summed E-state index contributed by atoms with van der Waals surface area (Å²) in [6, 6.07) is 3.61. The predicted octanol–water partition coefficient (Wildman–Crippen LogP) is 1.89. The maximum atomic E-state index is 12.6. The third-order valence-corrected chi connectivity index (χ3v) is 7.04. The molecule has 1 saturated heterocycles. The summed E-state index contributed by atoms with van der Waals surface area (Å²) in [5, 5.41) is 6.75. The molecular weight excluding hydrogens is 374 g/mol. The summed E-state index contributed by atoms with van der Waals surface area (Å²) in [5.41, 5.74) is 0.427. The fourth-order valence-corrected chi connectivity index (χ4v) is 5.25. The van der Waals surface area contributed by atoms with E-state index >= 15 is 0 Å². The predicted molar refractivity (Wildman–Crippen MR) is 99.7 cm³/mol. The van der Waals surface area contributed by atoms with Crippen molar-refractivity contribution in [3.63, 3.8) is 0 Å². The maximum Gasteiger partial charge on any atom is 0.220 e. The number of fused-ring (bicyclic) bond motifs is 1. The Bertz CT molecular complexity index is 992. The second-order valence-electron chi connectivity index (χ2n) is 6.09. The lowest BCUT2D eigenvalue weighted by atomic mass is 10.3. The summed E-state index contributed by atoms with van der Waals surface area (Å²) in [6.07, 6.45) is 2.15. The highest BCUT2D eigenvalue weighted by Crippen LogP contribution is 2.29. The maximum absolute atomic E-state index is 12.6. The van der Waals surface area contributed by atoms with E-state index in [-0.39, 0.29) is 5.75 Å². The summed E-state index contributed by atoms with van der Waals surface area (Å²) in [4.78, 5) is 12.4. The highest BCUT2D eigenvalue weighted by Gasteiger charge is 2.29. The van der Waals surface area contributed by atoms with E-state index in [9.17, 15) is 8.42 Å². The van der Waals surface area contributed by atoms with Crippen LogP contribution in [-0.2, 0) is 22.2 Å². The zero-order valence-electron chi connectivity index (χ0n) is 14.3. The fourth-order valence-electron chi connectivity index (χ4n) is 3.05. The Hall–Kier alpha value is -2.04. The molecule has 10 heteroatoms. The first-order chi connectivity index (χ1) is 12.6. The number of rotatable bonds is 5. The number of aromatic nitrogens is 3. The van der Waals surface area contributed by atoms with E-state index in [1.807, 2.05) is 18.4 Å². The average Bonchev–Trinajstić information content (AvgIpc) is 3.32. The lowest BCUT2D eigenvalue weighted by Crippen LogP contribution is -2.49. The van der Waals surface area contributed by atoms with Crippen molar-refractivity contribution in [3.8, 4) is 0 Å². The average molecular weight is 393 g/mol. The molecule has 0 radical (unpaired) electrons. The molecule has 1 fully saturated rings. The van der Waals surface area contributed by atoms with Gasteiger partial charge in [0.15, 0.2) is 0 Å². The molecule has 0 aliphatic carbocycles. The second kappa shape index (κ2) is 6.93. The van der Waals surface area contributed by atoms with Gasteiger partial charge in [-0.05, 0) is 11.4 Å². The molecule has 0 atom stereocenters. The third-order valence-electron chi connectivity index (χ3n) is 4.42. The molecular formula is C16H19N5O3S2. The summed E-state index contributed by atoms with van der Waals surface area (Å²) >= 11 is 1.60. The molecule has 138 valence electrons. The zero-order chi connectivity index (χ0) is 18.1. The van der Waals surface area contributed by atoms with E-state index in [1.165, 1.54) is 10.6 Å². The van der Waals surface area contributed by atoms with Gasteiger partial charge in [0.1, 0.15) is 28.5 Å². The normalized spacial score (nSPS) is 16.4. The van der Waals surface area contributed by atoms with Crippen LogP contribution in [0.5, 0.6) is 0 Å². The van der Waals surface area contributed by atoms with Crippen LogP contribution in [-0.4, -0.2) is 54.0 Å². The number of piperazine rings is 1. The van der Waals surface area contributed by atoms with Crippen molar-refractivity contribution in [1.82, 2.24) is 19.4 Å². The minimum atomic E-state index is -3.40. The van der Waals surface area contributed by atoms with Crippen molar-refractivity contribution < 1.29 is 12.9 Å². The first-order valence-electron chi connectivity index (χ1n) is 8.43. The lowest BCUT2D eigenvalue weighted by Gasteiger charge is -2.34. The van der Waals surface area contributed by atoms with Gasteiger partial charge >= 0.3 is 0 Å². The van der Waals surface area contributed by atoms with Crippen LogP contribution in [0.2, 0.25) is 0 Å². The Morgan fingerprint density at radius 2 is 2.00 bits per heavy atom. The number of aryl methyl sites for hydroxylation is 1. The molecule has 0 aromatic carbocycles. The van der Waals surface area contributed by atoms with Crippen molar-refractivity contribution in [3.05, 3.63) is 35.3 Å². The van der Waals surface area contributed by atoms with Crippen molar-refractivity contribution in [2.75, 3.05) is 31.1 Å². The fraction of sp³-hybridized carbons (Fsp3) is 0.438. The Morgan fingerprint density at radius 3 is 2.69 bits per heavy atom.